The number of aryl methyl sites for hydroxylation is 1. The van der Waals surface area contributed by atoms with Crippen molar-refractivity contribution >= 4 is 5.78 Å². The van der Waals surface area contributed by atoms with E-state index in [0.717, 1.165) is 32.2 Å². The number of Topliss-reactive ketones (excluding diaryl/α,β-unsaturated/α-hetero) is 1. The summed E-state index contributed by atoms with van der Waals surface area (Å²) in [4.78, 5) is 12.9. The molecular weight excluding hydrogens is 377 g/mol. The lowest BCUT2D eigenvalue weighted by Gasteiger charge is -2.37. The second-order valence-corrected chi connectivity index (χ2v) is 8.85. The van der Waals surface area contributed by atoms with Crippen molar-refractivity contribution in [3.05, 3.63) is 76.6 Å². The Bertz CT molecular complexity index is 959. The average molecular weight is 408 g/mol. The maximum Gasteiger partial charge on any atom is 0.169 e. The van der Waals surface area contributed by atoms with E-state index in [1.807, 2.05) is 0 Å². The molecule has 2 aromatic rings. The monoisotopic (exact) mass is 407 g/mol. The first-order chi connectivity index (χ1) is 14.4. The van der Waals surface area contributed by atoms with Crippen LogP contribution in [0.4, 0.5) is 4.39 Å². The zero-order valence-electron chi connectivity index (χ0n) is 17.7. The van der Waals surface area contributed by atoms with Gasteiger partial charge in [-0.05, 0) is 74.8 Å². The maximum absolute atomic E-state index is 14.1. The highest BCUT2D eigenvalue weighted by atomic mass is 19.1. The van der Waals surface area contributed by atoms with E-state index in [0.29, 0.717) is 17.9 Å². The Kier molecular flexibility index (Phi) is 6.05. The number of nitrogens with one attached hydrogen (secondary N) is 1. The molecule has 0 aromatic heterocycles. The van der Waals surface area contributed by atoms with Crippen molar-refractivity contribution in [3.63, 3.8) is 0 Å². The van der Waals surface area contributed by atoms with Gasteiger partial charge in [-0.25, -0.2) is 4.39 Å². The van der Waals surface area contributed by atoms with Crippen LogP contribution in [-0.2, 0) is 0 Å². The Hall–Kier alpha value is -2.46. The molecule has 158 valence electrons. The minimum Gasteiger partial charge on any atom is -0.508 e. The molecule has 1 fully saturated rings. The van der Waals surface area contributed by atoms with Gasteiger partial charge in [0.05, 0.1) is 5.56 Å². The van der Waals surface area contributed by atoms with Crippen molar-refractivity contribution in [2.75, 3.05) is 6.54 Å². The van der Waals surface area contributed by atoms with Crippen LogP contribution in [0, 0.1) is 24.6 Å². The lowest BCUT2D eigenvalue weighted by Crippen LogP contribution is -2.37. The molecule has 2 atom stereocenters. The zero-order chi connectivity index (χ0) is 21.3. The summed E-state index contributed by atoms with van der Waals surface area (Å²) in [5.41, 5.74) is 4.20. The quantitative estimate of drug-likeness (QED) is 0.517. The second-order valence-electron chi connectivity index (χ2n) is 8.85. The third-order valence-electron chi connectivity index (χ3n) is 6.84. The van der Waals surface area contributed by atoms with Crippen molar-refractivity contribution in [1.82, 2.24) is 5.32 Å². The van der Waals surface area contributed by atoms with Crippen LogP contribution in [0.15, 0.2) is 54.1 Å². The Morgan fingerprint density at radius 1 is 1.10 bits per heavy atom. The Morgan fingerprint density at radius 2 is 1.83 bits per heavy atom. The number of hydrogen-bond donors (Lipinski definition) is 2. The lowest BCUT2D eigenvalue weighted by molar-refractivity contribution is 0.0872. The topological polar surface area (TPSA) is 49.3 Å². The number of carbonyl (C=O) groups excluding carboxylic acids is 1. The summed E-state index contributed by atoms with van der Waals surface area (Å²) in [6, 6.07) is 12.6. The van der Waals surface area contributed by atoms with E-state index in [1.54, 1.807) is 0 Å². The van der Waals surface area contributed by atoms with Gasteiger partial charge in [0.2, 0.25) is 0 Å². The second kappa shape index (κ2) is 8.73. The van der Waals surface area contributed by atoms with Gasteiger partial charge in [-0.1, -0.05) is 35.9 Å². The summed E-state index contributed by atoms with van der Waals surface area (Å²) >= 11 is 0. The van der Waals surface area contributed by atoms with Gasteiger partial charge in [0.25, 0.3) is 0 Å². The first kappa shape index (κ1) is 20.8. The number of ketones is 1. The van der Waals surface area contributed by atoms with Crippen LogP contribution in [-0.4, -0.2) is 23.5 Å². The summed E-state index contributed by atoms with van der Waals surface area (Å²) in [6.07, 6.45) is 5.79. The van der Waals surface area contributed by atoms with Crippen molar-refractivity contribution in [2.45, 2.75) is 51.5 Å². The van der Waals surface area contributed by atoms with Crippen LogP contribution in [0.5, 0.6) is 5.75 Å². The Labute approximate surface area is 178 Å². The van der Waals surface area contributed by atoms with Crippen LogP contribution in [0.3, 0.4) is 0 Å². The van der Waals surface area contributed by atoms with E-state index < -0.39 is 5.82 Å². The summed E-state index contributed by atoms with van der Waals surface area (Å²) < 4.78 is 14.1. The predicted molar refractivity (Wildman–Crippen MR) is 117 cm³/mol. The molecule has 0 bridgehead atoms. The molecule has 1 saturated carbocycles. The van der Waals surface area contributed by atoms with Gasteiger partial charge in [0.1, 0.15) is 11.6 Å². The normalized spacial score (nSPS) is 26.8. The van der Waals surface area contributed by atoms with E-state index in [1.165, 1.54) is 34.9 Å². The van der Waals surface area contributed by atoms with Crippen LogP contribution in [0.1, 0.15) is 60.0 Å². The van der Waals surface area contributed by atoms with Crippen molar-refractivity contribution in [1.29, 1.82) is 0 Å². The number of aromatic hydroxyl groups is 1. The molecule has 2 aliphatic rings. The standard InChI is InChI=1S/C26H30FNO2/c1-16-5-3-4-6-21(16)24-15-28-17(2)13-22(24)18-7-9-19(10-8-18)26(30)23-14-20(29)11-12-25(23)27/h3-6,11-14,17-19,24,28-29H,7-10,15H2,1-2H3. The third-order valence-corrected chi connectivity index (χ3v) is 6.84. The summed E-state index contributed by atoms with van der Waals surface area (Å²) in [5.74, 6) is -0.141. The smallest absolute Gasteiger partial charge is 0.169 e. The molecule has 0 radical (unpaired) electrons. The molecule has 4 heteroatoms. The third kappa shape index (κ3) is 4.20. The first-order valence-corrected chi connectivity index (χ1v) is 11.0. The largest absolute Gasteiger partial charge is 0.508 e. The van der Waals surface area contributed by atoms with E-state index >= 15 is 0 Å². The van der Waals surface area contributed by atoms with Crippen LogP contribution in [0.25, 0.3) is 0 Å². The molecule has 1 heterocycles. The summed E-state index contributed by atoms with van der Waals surface area (Å²) in [5, 5.41) is 13.2. The van der Waals surface area contributed by atoms with Crippen molar-refractivity contribution in [3.8, 4) is 5.75 Å². The Balaban J connectivity index is 1.50. The number of hydrogen-bond acceptors (Lipinski definition) is 3. The molecule has 4 rings (SSSR count). The van der Waals surface area contributed by atoms with Gasteiger partial charge in [-0.2, -0.15) is 0 Å². The van der Waals surface area contributed by atoms with Crippen LogP contribution >= 0.6 is 0 Å². The highest BCUT2D eigenvalue weighted by molar-refractivity contribution is 5.98. The maximum atomic E-state index is 14.1. The molecule has 2 aromatic carbocycles. The predicted octanol–water partition coefficient (Wildman–Crippen LogP) is 5.53. The average Bonchev–Trinajstić information content (AvgIpc) is 2.76. The number of phenols is 1. The number of rotatable bonds is 4. The van der Waals surface area contributed by atoms with Gasteiger partial charge in [-0.15, -0.1) is 0 Å². The Morgan fingerprint density at radius 3 is 2.57 bits per heavy atom. The number of benzene rings is 2. The molecule has 1 aliphatic carbocycles. The summed E-state index contributed by atoms with van der Waals surface area (Å²) in [7, 11) is 0. The van der Waals surface area contributed by atoms with Gasteiger partial charge in [0.15, 0.2) is 5.78 Å². The molecule has 2 unspecified atom stereocenters. The highest BCUT2D eigenvalue weighted by Crippen LogP contribution is 2.42. The number of halogens is 1. The van der Waals surface area contributed by atoms with E-state index in [9.17, 15) is 14.3 Å². The molecule has 3 nitrogen and oxygen atoms in total. The fourth-order valence-corrected chi connectivity index (χ4v) is 5.18. The van der Waals surface area contributed by atoms with Gasteiger partial charge in [0, 0.05) is 24.4 Å². The lowest BCUT2D eigenvalue weighted by atomic mass is 9.70. The first-order valence-electron chi connectivity index (χ1n) is 11.0. The number of carbonyl (C=O) groups is 1. The van der Waals surface area contributed by atoms with E-state index in [4.69, 9.17) is 0 Å². The molecule has 0 saturated heterocycles. The van der Waals surface area contributed by atoms with Crippen LogP contribution in [0.2, 0.25) is 0 Å². The molecular formula is C26H30FNO2. The highest BCUT2D eigenvalue weighted by Gasteiger charge is 2.34. The van der Waals surface area contributed by atoms with Crippen molar-refractivity contribution in [2.24, 2.45) is 11.8 Å². The van der Waals surface area contributed by atoms with Gasteiger partial charge >= 0.3 is 0 Å². The fraction of sp³-hybridized carbons (Fsp3) is 0.423. The van der Waals surface area contributed by atoms with E-state index in [-0.39, 0.29) is 23.0 Å². The summed E-state index contributed by atoms with van der Waals surface area (Å²) in [6.45, 7) is 5.30. The molecule has 2 N–H and O–H groups in total. The van der Waals surface area contributed by atoms with Gasteiger partial charge in [-0.3, -0.25) is 4.79 Å². The fourth-order valence-electron chi connectivity index (χ4n) is 5.18. The van der Waals surface area contributed by atoms with Crippen LogP contribution < -0.4 is 5.32 Å². The molecule has 30 heavy (non-hydrogen) atoms. The molecule has 0 spiro atoms. The number of phenolic OH excluding ortho intramolecular Hbond substituents is 1. The van der Waals surface area contributed by atoms with Gasteiger partial charge < -0.3 is 10.4 Å². The van der Waals surface area contributed by atoms with E-state index in [2.05, 4.69) is 49.5 Å². The molecule has 1 aliphatic heterocycles. The minimum atomic E-state index is -0.547. The minimum absolute atomic E-state index is 0.0194. The SMILES string of the molecule is Cc1ccccc1C1CNC(C)C=C1C1CCC(C(=O)c2cc(O)ccc2F)CC1. The van der Waals surface area contributed by atoms with Crippen molar-refractivity contribution < 1.29 is 14.3 Å². The molecule has 0 amide bonds. The zero-order valence-corrected chi connectivity index (χ0v) is 17.7.